The molecule has 0 bridgehead atoms. The summed E-state index contributed by atoms with van der Waals surface area (Å²) in [5, 5.41) is 33.9. The second-order valence-electron chi connectivity index (χ2n) is 4.32. The highest BCUT2D eigenvalue weighted by molar-refractivity contribution is 8.06. The van der Waals surface area contributed by atoms with Crippen LogP contribution in [0.4, 0.5) is 0 Å². The Kier molecular flexibility index (Phi) is 6.73. The number of aliphatic hydroxyl groups excluding tert-OH is 2. The highest BCUT2D eigenvalue weighted by Crippen LogP contribution is 2.31. The summed E-state index contributed by atoms with van der Waals surface area (Å²) in [7, 11) is -10.9. The van der Waals surface area contributed by atoms with Gasteiger partial charge in [0.05, 0.1) is 6.42 Å². The summed E-state index contributed by atoms with van der Waals surface area (Å²) in [4.78, 5) is 41.2. The van der Waals surface area contributed by atoms with Crippen LogP contribution >= 0.6 is 0 Å². The van der Waals surface area contributed by atoms with Crippen molar-refractivity contribution in [2.45, 2.75) is 22.7 Å². The van der Waals surface area contributed by atoms with E-state index in [9.17, 15) is 36.0 Å². The number of amides is 2. The van der Waals surface area contributed by atoms with E-state index in [2.05, 4.69) is 0 Å². The molecule has 1 heterocycles. The molecule has 0 aromatic carbocycles. The molecule has 2 amide bonds. The molecular weight excluding hydrogens is 398 g/mol. The van der Waals surface area contributed by atoms with E-state index in [0.717, 1.165) is 0 Å². The maximum absolute atomic E-state index is 11.0. The Morgan fingerprint density at radius 2 is 1.24 bits per heavy atom. The molecule has 2 atom stereocenters. The lowest BCUT2D eigenvalue weighted by molar-refractivity contribution is -0.165. The molecule has 0 aromatic rings. The fraction of sp³-hybridized carbons (Fsp3) is 0.500. The van der Waals surface area contributed by atoms with Crippen molar-refractivity contribution in [1.82, 2.24) is 5.32 Å². The highest BCUT2D eigenvalue weighted by atomic mass is 32.3. The summed E-state index contributed by atoms with van der Waals surface area (Å²) in [5.74, 6) is -6.56. The van der Waals surface area contributed by atoms with Gasteiger partial charge in [-0.25, -0.2) is 9.59 Å². The summed E-state index contributed by atoms with van der Waals surface area (Å²) in [6.45, 7) is 0. The average Bonchev–Trinajstić information content (AvgIpc) is 2.72. The zero-order valence-corrected chi connectivity index (χ0v) is 13.3. The molecule has 1 fully saturated rings. The molecule has 1 aliphatic rings. The number of hydrogen-bond donors (Lipinski definition) is 7. The molecule has 0 spiro atoms. The van der Waals surface area contributed by atoms with Gasteiger partial charge in [0.2, 0.25) is 5.91 Å². The minimum atomic E-state index is -5.47. The Bertz CT molecular complexity index is 745. The molecule has 2 unspecified atom stereocenters. The first-order valence-corrected chi connectivity index (χ1v) is 8.47. The quantitative estimate of drug-likeness (QED) is 0.166. The average molecular weight is 409 g/mol. The van der Waals surface area contributed by atoms with Crippen LogP contribution in [0.2, 0.25) is 0 Å². The fourth-order valence-corrected chi connectivity index (χ4v) is 3.64. The smallest absolute Gasteiger partial charge is 0.335 e. The van der Waals surface area contributed by atoms with Crippen molar-refractivity contribution in [2.75, 3.05) is 0 Å². The second kappa shape index (κ2) is 7.37. The van der Waals surface area contributed by atoms with E-state index in [1.54, 1.807) is 0 Å². The van der Waals surface area contributed by atoms with Gasteiger partial charge in [0.1, 0.15) is 0 Å². The Hall–Kier alpha value is -2.18. The molecule has 7 N–H and O–H groups in total. The lowest BCUT2D eigenvalue weighted by Crippen LogP contribution is -2.51. The summed E-state index contributed by atoms with van der Waals surface area (Å²) in [5.41, 5.74) is 0. The molecule has 0 aliphatic carbocycles. The Balaban J connectivity index is 0.000000504. The van der Waals surface area contributed by atoms with Crippen molar-refractivity contribution < 1.29 is 65.5 Å². The second-order valence-corrected chi connectivity index (χ2v) is 7.88. The van der Waals surface area contributed by atoms with Crippen LogP contribution in [0.1, 0.15) is 6.42 Å². The normalized spacial score (nSPS) is 19.2. The predicted molar refractivity (Wildman–Crippen MR) is 70.9 cm³/mol. The van der Waals surface area contributed by atoms with Crippen molar-refractivity contribution in [1.29, 1.82) is 0 Å². The van der Waals surface area contributed by atoms with Gasteiger partial charge >= 0.3 is 16.0 Å². The van der Waals surface area contributed by atoms with Gasteiger partial charge in [0.25, 0.3) is 26.1 Å². The lowest BCUT2D eigenvalue weighted by Gasteiger charge is -2.17. The monoisotopic (exact) mass is 409 g/mol. The number of rotatable bonds is 5. The molecule has 1 aliphatic heterocycles. The molecular formula is C8H11NO14S2. The molecule has 25 heavy (non-hydrogen) atoms. The summed E-state index contributed by atoms with van der Waals surface area (Å²) in [6, 6.07) is 0. The van der Waals surface area contributed by atoms with Gasteiger partial charge < -0.3 is 20.4 Å². The first-order chi connectivity index (χ1) is 11.0. The minimum Gasteiger partial charge on any atom is -0.479 e. The number of carboxylic acid groups (broad SMARTS) is 2. The van der Waals surface area contributed by atoms with Crippen molar-refractivity contribution in [3.05, 3.63) is 0 Å². The van der Waals surface area contributed by atoms with E-state index >= 15 is 0 Å². The van der Waals surface area contributed by atoms with Gasteiger partial charge in [0, 0.05) is 0 Å². The molecule has 0 radical (unpaired) electrons. The van der Waals surface area contributed by atoms with Gasteiger partial charge in [-0.2, -0.15) is 16.8 Å². The molecule has 0 aromatic heterocycles. The maximum Gasteiger partial charge on any atom is 0.335 e. The lowest BCUT2D eigenvalue weighted by atomic mass is 10.2. The van der Waals surface area contributed by atoms with Crippen molar-refractivity contribution in [3.63, 3.8) is 0 Å². The number of carbonyl (C=O) groups is 4. The van der Waals surface area contributed by atoms with E-state index in [0.29, 0.717) is 0 Å². The van der Waals surface area contributed by atoms with Crippen LogP contribution in [-0.4, -0.2) is 86.4 Å². The Labute approximate surface area is 138 Å². The SMILES string of the molecule is O=C(O)C(O)C(O)C(=O)O.O=C1CC(S(=O)(=O)O)(S(=O)(=O)O)C(=O)N1. The third-order valence-corrected chi connectivity index (χ3v) is 6.22. The van der Waals surface area contributed by atoms with Crippen LogP contribution in [-0.2, 0) is 39.4 Å². The molecule has 1 saturated heterocycles. The molecule has 1 rings (SSSR count). The van der Waals surface area contributed by atoms with Crippen molar-refractivity contribution in [3.8, 4) is 0 Å². The minimum absolute atomic E-state index is 1.23. The molecule has 144 valence electrons. The highest BCUT2D eigenvalue weighted by Gasteiger charge is 2.66. The first kappa shape index (κ1) is 22.8. The van der Waals surface area contributed by atoms with E-state index in [1.165, 1.54) is 5.32 Å². The number of aliphatic hydroxyl groups is 2. The Morgan fingerprint density at radius 3 is 1.36 bits per heavy atom. The zero-order chi connectivity index (χ0) is 20.4. The van der Waals surface area contributed by atoms with E-state index in [1.807, 2.05) is 0 Å². The van der Waals surface area contributed by atoms with Gasteiger partial charge in [0.15, 0.2) is 12.2 Å². The number of nitrogens with one attached hydrogen (secondary N) is 1. The Morgan fingerprint density at radius 1 is 0.920 bits per heavy atom. The first-order valence-electron chi connectivity index (χ1n) is 5.59. The summed E-state index contributed by atoms with van der Waals surface area (Å²) >= 11 is 0. The van der Waals surface area contributed by atoms with Crippen LogP contribution in [0.15, 0.2) is 0 Å². The number of imide groups is 1. The van der Waals surface area contributed by atoms with Crippen LogP contribution in [0.5, 0.6) is 0 Å². The number of aliphatic carboxylic acids is 2. The standard InChI is InChI=1S/C4H5NO8S2.C4H6O6/c6-2-1-4(3(7)5-2,14(8,9)10)15(11,12)13;5-1(3(7)8)2(6)4(9)10/h1H2,(H,5,6,7)(H,8,9,10)(H,11,12,13);1-2,5-6H,(H,7,8)(H,9,10). The maximum atomic E-state index is 11.0. The third kappa shape index (κ3) is 4.67. The summed E-state index contributed by atoms with van der Waals surface area (Å²) in [6.07, 6.45) is -5.90. The van der Waals surface area contributed by atoms with Gasteiger partial charge in [-0.3, -0.25) is 24.0 Å². The molecule has 15 nitrogen and oxygen atoms in total. The molecule has 17 heteroatoms. The fourth-order valence-electron chi connectivity index (χ4n) is 1.38. The van der Waals surface area contributed by atoms with E-state index in [-0.39, 0.29) is 0 Å². The van der Waals surface area contributed by atoms with Gasteiger partial charge in [-0.1, -0.05) is 0 Å². The van der Waals surface area contributed by atoms with E-state index in [4.69, 9.17) is 29.5 Å². The van der Waals surface area contributed by atoms with Crippen molar-refractivity contribution >= 4 is 44.0 Å². The summed E-state index contributed by atoms with van der Waals surface area (Å²) < 4.78 is 56.7. The largest absolute Gasteiger partial charge is 0.479 e. The van der Waals surface area contributed by atoms with Crippen LogP contribution in [0.3, 0.4) is 0 Å². The number of hydrogen-bond acceptors (Lipinski definition) is 10. The third-order valence-electron chi connectivity index (χ3n) is 2.63. The van der Waals surface area contributed by atoms with Gasteiger partial charge in [-0.15, -0.1) is 0 Å². The number of carbonyl (C=O) groups excluding carboxylic acids is 2. The predicted octanol–water partition coefficient (Wildman–Crippen LogP) is -4.62. The molecule has 0 saturated carbocycles. The van der Waals surface area contributed by atoms with Crippen LogP contribution < -0.4 is 5.32 Å². The van der Waals surface area contributed by atoms with Crippen molar-refractivity contribution in [2.24, 2.45) is 0 Å². The topological polar surface area (TPSA) is 270 Å². The van der Waals surface area contributed by atoms with Crippen LogP contribution in [0.25, 0.3) is 0 Å². The zero-order valence-electron chi connectivity index (χ0n) is 11.6. The van der Waals surface area contributed by atoms with Gasteiger partial charge in [-0.05, 0) is 0 Å². The number of carboxylic acids is 2. The van der Waals surface area contributed by atoms with E-state index < -0.39 is 66.7 Å². The van der Waals surface area contributed by atoms with Crippen LogP contribution in [0, 0.1) is 0 Å².